The van der Waals surface area contributed by atoms with E-state index in [9.17, 15) is 31.2 Å². The number of piperazine rings is 1. The zero-order valence-electron chi connectivity index (χ0n) is 14.7. The third-order valence-corrected chi connectivity index (χ3v) is 5.64. The molecule has 0 N–H and O–H groups in total. The second-order valence-electron chi connectivity index (χ2n) is 5.98. The molecule has 3 rings (SSSR count). The summed E-state index contributed by atoms with van der Waals surface area (Å²) in [7, 11) is -5.79. The maximum atomic E-state index is 12.9. The van der Waals surface area contributed by atoms with Gasteiger partial charge < -0.3 is 9.80 Å². The Hall–Kier alpha value is -3.09. The van der Waals surface area contributed by atoms with E-state index in [0.717, 1.165) is 12.3 Å². The molecule has 0 radical (unpaired) electrons. The number of sulfone groups is 1. The van der Waals surface area contributed by atoms with Crippen molar-refractivity contribution in [2.45, 2.75) is 10.5 Å². The molecule has 2 aromatic rings. The molecule has 1 aliphatic rings. The van der Waals surface area contributed by atoms with Crippen LogP contribution in [-0.2, 0) is 9.84 Å². The summed E-state index contributed by atoms with van der Waals surface area (Å²) < 4.78 is 62.2. The highest BCUT2D eigenvalue weighted by atomic mass is 32.2. The second-order valence-corrected chi connectivity index (χ2v) is 7.84. The van der Waals surface area contributed by atoms with Gasteiger partial charge in [0.15, 0.2) is 5.03 Å². The molecule has 13 heteroatoms. The summed E-state index contributed by atoms with van der Waals surface area (Å²) in [6, 6.07) is 2.15. The highest BCUT2D eigenvalue weighted by Crippen LogP contribution is 2.31. The smallest absolute Gasteiger partial charge is 0.335 e. The van der Waals surface area contributed by atoms with E-state index < -0.39 is 37.7 Å². The van der Waals surface area contributed by atoms with E-state index in [2.05, 4.69) is 15.0 Å². The Bertz CT molecular complexity index is 1020. The van der Waals surface area contributed by atoms with Crippen LogP contribution in [0.4, 0.5) is 13.2 Å². The first kappa shape index (κ1) is 20.6. The molecule has 1 fully saturated rings. The number of halogens is 3. The van der Waals surface area contributed by atoms with Crippen LogP contribution in [0.25, 0.3) is 0 Å². The van der Waals surface area contributed by atoms with Crippen molar-refractivity contribution >= 4 is 21.7 Å². The molecule has 1 aliphatic heterocycles. The van der Waals surface area contributed by atoms with E-state index in [4.69, 9.17) is 0 Å². The molecule has 29 heavy (non-hydrogen) atoms. The first-order valence-electron chi connectivity index (χ1n) is 8.24. The maximum absolute atomic E-state index is 12.9. The molecule has 3 heterocycles. The van der Waals surface area contributed by atoms with Crippen LogP contribution in [0.2, 0.25) is 0 Å². The van der Waals surface area contributed by atoms with Crippen molar-refractivity contribution in [3.8, 4) is 0 Å². The van der Waals surface area contributed by atoms with E-state index in [0.29, 0.717) is 0 Å². The van der Waals surface area contributed by atoms with Crippen molar-refractivity contribution < 1.29 is 31.2 Å². The topological polar surface area (TPSA) is 113 Å². The van der Waals surface area contributed by atoms with Gasteiger partial charge in [-0.05, 0) is 12.1 Å². The summed E-state index contributed by atoms with van der Waals surface area (Å²) in [5, 5.41) is -1.34. The number of rotatable bonds is 3. The molecule has 0 unspecified atom stereocenters. The predicted molar refractivity (Wildman–Crippen MR) is 91.3 cm³/mol. The number of hydrogen-bond acceptors (Lipinski definition) is 7. The summed E-state index contributed by atoms with van der Waals surface area (Å²) in [5.74, 6) is -1.31. The lowest BCUT2D eigenvalue weighted by Gasteiger charge is -2.34. The van der Waals surface area contributed by atoms with E-state index in [-0.39, 0.29) is 31.9 Å². The molecular weight excluding hydrogens is 415 g/mol. The van der Waals surface area contributed by atoms with Crippen LogP contribution in [0.3, 0.4) is 0 Å². The Balaban J connectivity index is 1.76. The minimum absolute atomic E-state index is 0.00519. The summed E-state index contributed by atoms with van der Waals surface area (Å²) >= 11 is 0. The fraction of sp³-hybridized carbons (Fsp3) is 0.312. The van der Waals surface area contributed by atoms with Gasteiger partial charge in [0.2, 0.25) is 0 Å². The zero-order chi connectivity index (χ0) is 21.2. The van der Waals surface area contributed by atoms with E-state index in [1.165, 1.54) is 34.5 Å². The third kappa shape index (κ3) is 4.04. The minimum Gasteiger partial charge on any atom is -0.335 e. The average Bonchev–Trinajstić information content (AvgIpc) is 2.72. The van der Waals surface area contributed by atoms with Gasteiger partial charge in [-0.15, -0.1) is 0 Å². The maximum Gasteiger partial charge on any atom is 0.503 e. The number of nitrogens with zero attached hydrogens (tertiary/aromatic N) is 5. The molecule has 9 nitrogen and oxygen atoms in total. The zero-order valence-corrected chi connectivity index (χ0v) is 15.5. The van der Waals surface area contributed by atoms with Crippen LogP contribution in [0.15, 0.2) is 41.9 Å². The van der Waals surface area contributed by atoms with Gasteiger partial charge in [-0.25, -0.2) is 18.4 Å². The van der Waals surface area contributed by atoms with Crippen LogP contribution in [0.5, 0.6) is 0 Å². The van der Waals surface area contributed by atoms with Crippen molar-refractivity contribution in [2.75, 3.05) is 26.2 Å². The Morgan fingerprint density at radius 3 is 2.10 bits per heavy atom. The van der Waals surface area contributed by atoms with Gasteiger partial charge in [-0.2, -0.15) is 13.2 Å². The van der Waals surface area contributed by atoms with Crippen LogP contribution < -0.4 is 0 Å². The standard InChI is InChI=1S/C16H14F3N5O4S/c17-16(18,19)29(27,28)13-11(2-1-3-22-13)14(25)23-6-8-24(9-7-23)15(26)12-10-20-4-5-21-12/h1-5,10H,6-9H2. The average molecular weight is 429 g/mol. The molecule has 0 spiro atoms. The number of alkyl halides is 3. The minimum atomic E-state index is -5.79. The molecule has 154 valence electrons. The van der Waals surface area contributed by atoms with E-state index in [1.807, 2.05) is 0 Å². The lowest BCUT2D eigenvalue weighted by molar-refractivity contribution is -0.0438. The number of carbonyl (C=O) groups is 2. The first-order chi connectivity index (χ1) is 13.6. The third-order valence-electron chi connectivity index (χ3n) is 4.20. The van der Waals surface area contributed by atoms with Gasteiger partial charge in [0.25, 0.3) is 21.7 Å². The number of pyridine rings is 1. The van der Waals surface area contributed by atoms with Gasteiger partial charge in [-0.3, -0.25) is 14.6 Å². The predicted octanol–water partition coefficient (Wildman–Crippen LogP) is 0.763. The molecule has 0 aromatic carbocycles. The largest absolute Gasteiger partial charge is 0.503 e. The Morgan fingerprint density at radius 2 is 1.55 bits per heavy atom. The normalized spacial score (nSPS) is 15.3. The molecule has 2 aromatic heterocycles. The Labute approximate surface area is 163 Å². The van der Waals surface area contributed by atoms with Crippen molar-refractivity contribution in [2.24, 2.45) is 0 Å². The van der Waals surface area contributed by atoms with E-state index in [1.54, 1.807) is 0 Å². The summed E-state index contributed by atoms with van der Waals surface area (Å²) in [6.07, 6.45) is 4.93. The quantitative estimate of drug-likeness (QED) is 0.708. The van der Waals surface area contributed by atoms with Crippen molar-refractivity contribution in [3.63, 3.8) is 0 Å². The van der Waals surface area contributed by atoms with Crippen LogP contribution in [0, 0.1) is 0 Å². The molecule has 0 aliphatic carbocycles. The fourth-order valence-electron chi connectivity index (χ4n) is 2.73. The number of aromatic nitrogens is 3. The Kier molecular flexibility index (Phi) is 5.50. The monoisotopic (exact) mass is 429 g/mol. The highest BCUT2D eigenvalue weighted by Gasteiger charge is 2.49. The van der Waals surface area contributed by atoms with Crippen molar-refractivity contribution in [1.29, 1.82) is 0 Å². The number of hydrogen-bond donors (Lipinski definition) is 0. The molecule has 2 amide bonds. The van der Waals surface area contributed by atoms with Crippen molar-refractivity contribution in [3.05, 3.63) is 48.2 Å². The summed E-state index contributed by atoms with van der Waals surface area (Å²) in [5.41, 5.74) is -6.13. The molecule has 0 saturated carbocycles. The first-order valence-corrected chi connectivity index (χ1v) is 9.72. The van der Waals surface area contributed by atoms with Crippen molar-refractivity contribution in [1.82, 2.24) is 24.8 Å². The SMILES string of the molecule is O=C(c1cnccn1)N1CCN(C(=O)c2cccnc2S(=O)(=O)C(F)(F)F)CC1. The second kappa shape index (κ2) is 7.73. The molecule has 0 bridgehead atoms. The van der Waals surface area contributed by atoms with Crippen LogP contribution in [0.1, 0.15) is 20.8 Å². The van der Waals surface area contributed by atoms with Gasteiger partial charge >= 0.3 is 5.51 Å². The summed E-state index contributed by atoms with van der Waals surface area (Å²) in [4.78, 5) is 38.6. The van der Waals surface area contributed by atoms with Gasteiger partial charge in [0.05, 0.1) is 11.8 Å². The lowest BCUT2D eigenvalue weighted by atomic mass is 10.2. The highest BCUT2D eigenvalue weighted by molar-refractivity contribution is 7.92. The van der Waals surface area contributed by atoms with Gasteiger partial charge in [0, 0.05) is 44.8 Å². The van der Waals surface area contributed by atoms with Crippen LogP contribution >= 0.6 is 0 Å². The van der Waals surface area contributed by atoms with Gasteiger partial charge in [0.1, 0.15) is 5.69 Å². The molecular formula is C16H14F3N5O4S. The van der Waals surface area contributed by atoms with E-state index >= 15 is 0 Å². The lowest BCUT2D eigenvalue weighted by Crippen LogP contribution is -2.51. The molecule has 1 saturated heterocycles. The number of amides is 2. The van der Waals surface area contributed by atoms with Crippen LogP contribution in [-0.4, -0.2) is 76.7 Å². The fourth-order valence-corrected chi connectivity index (χ4v) is 3.60. The molecule has 0 atom stereocenters. The van der Waals surface area contributed by atoms with Gasteiger partial charge in [-0.1, -0.05) is 0 Å². The Morgan fingerprint density at radius 1 is 0.931 bits per heavy atom. The number of carbonyl (C=O) groups excluding carboxylic acids is 2. The summed E-state index contributed by atoms with van der Waals surface area (Å²) in [6.45, 7) is 0.210.